The Kier molecular flexibility index (Phi) is 5.84. The zero-order valence-electron chi connectivity index (χ0n) is 12.8. The molecule has 0 fully saturated rings. The summed E-state index contributed by atoms with van der Waals surface area (Å²) in [4.78, 5) is 12.3. The number of rotatable bonds is 6. The van der Waals surface area contributed by atoms with Crippen molar-refractivity contribution in [1.82, 2.24) is 5.32 Å². The van der Waals surface area contributed by atoms with Crippen LogP contribution in [0, 0.1) is 0 Å². The zero-order valence-corrected chi connectivity index (χ0v) is 13.5. The van der Waals surface area contributed by atoms with E-state index in [2.05, 4.69) is 5.32 Å². The van der Waals surface area contributed by atoms with Gasteiger partial charge in [-0.3, -0.25) is 4.79 Å². The SMILES string of the molecule is CC[C@@H](NC(=O)[C@@H](C)Oc1ccccc1Cl)c1ccccc1. The fourth-order valence-electron chi connectivity index (χ4n) is 2.18. The van der Waals surface area contributed by atoms with Crippen LogP contribution in [0.3, 0.4) is 0 Å². The maximum atomic E-state index is 12.3. The Labute approximate surface area is 136 Å². The number of hydrogen-bond donors (Lipinski definition) is 1. The zero-order chi connectivity index (χ0) is 15.9. The van der Waals surface area contributed by atoms with E-state index in [0.717, 1.165) is 12.0 Å². The van der Waals surface area contributed by atoms with Gasteiger partial charge in [0.15, 0.2) is 6.10 Å². The molecule has 2 atom stereocenters. The largest absolute Gasteiger partial charge is 0.479 e. The monoisotopic (exact) mass is 317 g/mol. The second-order valence-corrected chi connectivity index (χ2v) is 5.48. The van der Waals surface area contributed by atoms with Gasteiger partial charge in [-0.1, -0.05) is 61.0 Å². The highest BCUT2D eigenvalue weighted by atomic mass is 35.5. The number of para-hydroxylation sites is 1. The van der Waals surface area contributed by atoms with E-state index in [-0.39, 0.29) is 11.9 Å². The maximum absolute atomic E-state index is 12.3. The molecule has 0 spiro atoms. The quantitative estimate of drug-likeness (QED) is 0.859. The Balaban J connectivity index is 2.00. The molecule has 1 N–H and O–H groups in total. The number of carbonyl (C=O) groups excluding carboxylic acids is 1. The molecule has 4 heteroatoms. The second kappa shape index (κ2) is 7.85. The van der Waals surface area contributed by atoms with Crippen LogP contribution in [-0.4, -0.2) is 12.0 Å². The first-order valence-corrected chi connectivity index (χ1v) is 7.76. The van der Waals surface area contributed by atoms with Crippen molar-refractivity contribution in [3.63, 3.8) is 0 Å². The Morgan fingerprint density at radius 2 is 1.77 bits per heavy atom. The van der Waals surface area contributed by atoms with Gasteiger partial charge in [0.05, 0.1) is 11.1 Å². The summed E-state index contributed by atoms with van der Waals surface area (Å²) >= 11 is 6.05. The van der Waals surface area contributed by atoms with E-state index >= 15 is 0 Å². The van der Waals surface area contributed by atoms with Crippen molar-refractivity contribution >= 4 is 17.5 Å². The molecule has 0 aliphatic heterocycles. The maximum Gasteiger partial charge on any atom is 0.261 e. The van der Waals surface area contributed by atoms with Gasteiger partial charge in [-0.2, -0.15) is 0 Å². The minimum absolute atomic E-state index is 0.0222. The Morgan fingerprint density at radius 1 is 1.14 bits per heavy atom. The summed E-state index contributed by atoms with van der Waals surface area (Å²) < 4.78 is 5.64. The minimum atomic E-state index is -0.613. The molecular weight excluding hydrogens is 298 g/mol. The molecule has 0 bridgehead atoms. The van der Waals surface area contributed by atoms with E-state index in [1.807, 2.05) is 49.4 Å². The molecule has 2 aromatic carbocycles. The van der Waals surface area contributed by atoms with Crippen LogP contribution in [-0.2, 0) is 4.79 Å². The van der Waals surface area contributed by atoms with E-state index in [1.54, 1.807) is 19.1 Å². The molecule has 22 heavy (non-hydrogen) atoms. The lowest BCUT2D eigenvalue weighted by molar-refractivity contribution is -0.128. The van der Waals surface area contributed by atoms with Crippen LogP contribution < -0.4 is 10.1 Å². The van der Waals surface area contributed by atoms with Crippen LogP contribution in [0.1, 0.15) is 31.9 Å². The average molecular weight is 318 g/mol. The number of hydrogen-bond acceptors (Lipinski definition) is 2. The van der Waals surface area contributed by atoms with E-state index in [0.29, 0.717) is 10.8 Å². The standard InChI is InChI=1S/C18H20ClNO2/c1-3-16(14-9-5-4-6-10-14)20-18(21)13(2)22-17-12-8-7-11-15(17)19/h4-13,16H,3H2,1-2H3,(H,20,21)/t13-,16-/m1/s1. The molecule has 0 aliphatic carbocycles. The van der Waals surface area contributed by atoms with Crippen molar-refractivity contribution in [1.29, 1.82) is 0 Å². The minimum Gasteiger partial charge on any atom is -0.479 e. The van der Waals surface area contributed by atoms with Crippen LogP contribution in [0.4, 0.5) is 0 Å². The summed E-state index contributed by atoms with van der Waals surface area (Å²) in [6.07, 6.45) is 0.201. The van der Waals surface area contributed by atoms with Crippen LogP contribution >= 0.6 is 11.6 Å². The fourth-order valence-corrected chi connectivity index (χ4v) is 2.36. The van der Waals surface area contributed by atoms with Crippen molar-refractivity contribution in [2.24, 2.45) is 0 Å². The molecule has 0 radical (unpaired) electrons. The van der Waals surface area contributed by atoms with Crippen molar-refractivity contribution < 1.29 is 9.53 Å². The third-order valence-electron chi connectivity index (χ3n) is 3.44. The van der Waals surface area contributed by atoms with E-state index in [4.69, 9.17) is 16.3 Å². The molecule has 0 saturated carbocycles. The predicted octanol–water partition coefficient (Wildman–Crippen LogP) is 4.37. The number of ether oxygens (including phenoxy) is 1. The molecule has 0 unspecified atom stereocenters. The molecule has 0 aliphatic rings. The third kappa shape index (κ3) is 4.25. The van der Waals surface area contributed by atoms with Crippen molar-refractivity contribution in [3.8, 4) is 5.75 Å². The summed E-state index contributed by atoms with van der Waals surface area (Å²) in [5.41, 5.74) is 1.09. The van der Waals surface area contributed by atoms with Crippen LogP contribution in [0.15, 0.2) is 54.6 Å². The number of amides is 1. The van der Waals surface area contributed by atoms with Gasteiger partial charge < -0.3 is 10.1 Å². The summed E-state index contributed by atoms with van der Waals surface area (Å²) in [7, 11) is 0. The van der Waals surface area contributed by atoms with Crippen LogP contribution in [0.5, 0.6) is 5.75 Å². The first kappa shape index (κ1) is 16.4. The van der Waals surface area contributed by atoms with E-state index in [1.165, 1.54) is 0 Å². The fraction of sp³-hybridized carbons (Fsp3) is 0.278. The lowest BCUT2D eigenvalue weighted by atomic mass is 10.0. The Hall–Kier alpha value is -2.00. The van der Waals surface area contributed by atoms with Gasteiger partial charge >= 0.3 is 0 Å². The summed E-state index contributed by atoms with van der Waals surface area (Å²) in [6.45, 7) is 3.76. The molecule has 3 nitrogen and oxygen atoms in total. The predicted molar refractivity (Wildman–Crippen MR) is 89.2 cm³/mol. The van der Waals surface area contributed by atoms with Crippen LogP contribution in [0.2, 0.25) is 5.02 Å². The van der Waals surface area contributed by atoms with Crippen molar-refractivity contribution in [2.45, 2.75) is 32.4 Å². The molecular formula is C18H20ClNO2. The van der Waals surface area contributed by atoms with Gasteiger partial charge in [0, 0.05) is 0 Å². The van der Waals surface area contributed by atoms with Crippen LogP contribution in [0.25, 0.3) is 0 Å². The highest BCUT2D eigenvalue weighted by molar-refractivity contribution is 6.32. The summed E-state index contributed by atoms with van der Waals surface area (Å²) in [5.74, 6) is 0.357. The molecule has 0 aromatic heterocycles. The third-order valence-corrected chi connectivity index (χ3v) is 3.75. The summed E-state index contributed by atoms with van der Waals surface area (Å²) in [5, 5.41) is 3.51. The first-order chi connectivity index (χ1) is 10.6. The highest BCUT2D eigenvalue weighted by Crippen LogP contribution is 2.24. The molecule has 1 amide bonds. The lowest BCUT2D eigenvalue weighted by Crippen LogP contribution is -2.38. The Bertz CT molecular complexity index is 615. The van der Waals surface area contributed by atoms with Gasteiger partial charge in [-0.05, 0) is 31.0 Å². The molecule has 0 saturated heterocycles. The van der Waals surface area contributed by atoms with E-state index < -0.39 is 6.10 Å². The van der Waals surface area contributed by atoms with Gasteiger partial charge in [-0.25, -0.2) is 0 Å². The molecule has 2 aromatic rings. The average Bonchev–Trinajstić information content (AvgIpc) is 2.55. The van der Waals surface area contributed by atoms with Gasteiger partial charge in [-0.15, -0.1) is 0 Å². The molecule has 0 heterocycles. The molecule has 116 valence electrons. The number of nitrogens with one attached hydrogen (secondary N) is 1. The van der Waals surface area contributed by atoms with Gasteiger partial charge in [0.2, 0.25) is 0 Å². The van der Waals surface area contributed by atoms with Gasteiger partial charge in [0.25, 0.3) is 5.91 Å². The van der Waals surface area contributed by atoms with Gasteiger partial charge in [0.1, 0.15) is 5.75 Å². The van der Waals surface area contributed by atoms with E-state index in [9.17, 15) is 4.79 Å². The second-order valence-electron chi connectivity index (χ2n) is 5.07. The topological polar surface area (TPSA) is 38.3 Å². The number of halogens is 1. The van der Waals surface area contributed by atoms with Crippen molar-refractivity contribution in [3.05, 3.63) is 65.2 Å². The lowest BCUT2D eigenvalue weighted by Gasteiger charge is -2.21. The smallest absolute Gasteiger partial charge is 0.261 e. The molecule has 2 rings (SSSR count). The normalized spacial score (nSPS) is 13.2. The number of benzene rings is 2. The number of carbonyl (C=O) groups is 1. The van der Waals surface area contributed by atoms with Crippen molar-refractivity contribution in [2.75, 3.05) is 0 Å². The highest BCUT2D eigenvalue weighted by Gasteiger charge is 2.19. The first-order valence-electron chi connectivity index (χ1n) is 7.38. The Morgan fingerprint density at radius 3 is 2.41 bits per heavy atom. The summed E-state index contributed by atoms with van der Waals surface area (Å²) in [6, 6.07) is 17.0.